The van der Waals surface area contributed by atoms with Gasteiger partial charge in [-0.3, -0.25) is 0 Å². The maximum absolute atomic E-state index is 11.8. The van der Waals surface area contributed by atoms with Gasteiger partial charge in [0.05, 0.1) is 15.8 Å². The third-order valence-corrected chi connectivity index (χ3v) is 3.17. The molecule has 0 aliphatic carbocycles. The van der Waals surface area contributed by atoms with Crippen LogP contribution >= 0.6 is 11.6 Å². The molecule has 0 aliphatic heterocycles. The zero-order chi connectivity index (χ0) is 12.9. The molecular formula is C13H7ClO4. The van der Waals surface area contributed by atoms with Crippen LogP contribution in [0.2, 0.25) is 5.02 Å². The number of phenols is 2. The van der Waals surface area contributed by atoms with Gasteiger partial charge < -0.3 is 14.6 Å². The van der Waals surface area contributed by atoms with E-state index in [9.17, 15) is 15.0 Å². The highest BCUT2D eigenvalue weighted by Crippen LogP contribution is 2.40. The minimum Gasteiger partial charge on any atom is -0.506 e. The molecule has 0 aliphatic rings. The van der Waals surface area contributed by atoms with Crippen molar-refractivity contribution in [3.63, 3.8) is 0 Å². The van der Waals surface area contributed by atoms with Gasteiger partial charge in [0.25, 0.3) is 0 Å². The molecule has 0 spiro atoms. The van der Waals surface area contributed by atoms with Gasteiger partial charge in [0.2, 0.25) is 0 Å². The van der Waals surface area contributed by atoms with Crippen molar-refractivity contribution in [1.29, 1.82) is 0 Å². The third-order valence-electron chi connectivity index (χ3n) is 2.79. The first kappa shape index (κ1) is 10.9. The van der Waals surface area contributed by atoms with Crippen molar-refractivity contribution in [3.8, 4) is 11.5 Å². The largest absolute Gasteiger partial charge is 0.506 e. The first-order valence-corrected chi connectivity index (χ1v) is 5.53. The Labute approximate surface area is 106 Å². The van der Waals surface area contributed by atoms with Crippen LogP contribution in [0.15, 0.2) is 39.5 Å². The van der Waals surface area contributed by atoms with E-state index in [0.29, 0.717) is 16.2 Å². The van der Waals surface area contributed by atoms with Crippen molar-refractivity contribution in [2.45, 2.75) is 0 Å². The molecule has 3 aromatic rings. The molecule has 2 aromatic carbocycles. The van der Waals surface area contributed by atoms with Gasteiger partial charge in [-0.05, 0) is 6.07 Å². The Morgan fingerprint density at radius 2 is 1.72 bits per heavy atom. The molecule has 4 nitrogen and oxygen atoms in total. The van der Waals surface area contributed by atoms with Gasteiger partial charge in [-0.15, -0.1) is 0 Å². The molecule has 0 fully saturated rings. The summed E-state index contributed by atoms with van der Waals surface area (Å²) in [5.74, 6) is -0.588. The highest BCUT2D eigenvalue weighted by Gasteiger charge is 2.16. The van der Waals surface area contributed by atoms with Crippen molar-refractivity contribution in [2.75, 3.05) is 0 Å². The lowest BCUT2D eigenvalue weighted by Crippen LogP contribution is -1.99. The standard InChI is InChI=1S/C13H7ClO4/c14-11-8(15)5-9(16)12-10(11)6-3-1-2-4-7(6)13(17)18-12/h1-5,15-16H. The molecule has 90 valence electrons. The van der Waals surface area contributed by atoms with E-state index in [0.717, 1.165) is 6.07 Å². The molecule has 0 amide bonds. The molecule has 2 N–H and O–H groups in total. The van der Waals surface area contributed by atoms with Crippen LogP contribution < -0.4 is 5.63 Å². The predicted octanol–water partition coefficient (Wildman–Crippen LogP) is 3.01. The van der Waals surface area contributed by atoms with Crippen LogP contribution in [0, 0.1) is 0 Å². The Bertz CT molecular complexity index is 836. The third kappa shape index (κ3) is 1.36. The number of rotatable bonds is 0. The summed E-state index contributed by atoms with van der Waals surface area (Å²) in [6.07, 6.45) is 0. The van der Waals surface area contributed by atoms with E-state index >= 15 is 0 Å². The van der Waals surface area contributed by atoms with Gasteiger partial charge in [-0.25, -0.2) is 4.79 Å². The van der Waals surface area contributed by atoms with Crippen molar-refractivity contribution in [3.05, 3.63) is 45.8 Å². The van der Waals surface area contributed by atoms with Gasteiger partial charge in [0.1, 0.15) is 5.75 Å². The Morgan fingerprint density at radius 1 is 1.06 bits per heavy atom. The van der Waals surface area contributed by atoms with E-state index in [-0.39, 0.29) is 22.1 Å². The average molecular weight is 263 g/mol. The van der Waals surface area contributed by atoms with Gasteiger partial charge >= 0.3 is 5.63 Å². The molecule has 0 bridgehead atoms. The summed E-state index contributed by atoms with van der Waals surface area (Å²) in [5, 5.41) is 20.6. The molecule has 0 saturated heterocycles. The number of phenolic OH excluding ortho intramolecular Hbond substituents is 2. The SMILES string of the molecule is O=c1oc2c(O)cc(O)c(Cl)c2c2ccccc12. The molecule has 18 heavy (non-hydrogen) atoms. The summed E-state index contributed by atoms with van der Waals surface area (Å²) in [5.41, 5.74) is -0.586. The predicted molar refractivity (Wildman–Crippen MR) is 68.3 cm³/mol. The maximum atomic E-state index is 11.8. The topological polar surface area (TPSA) is 70.7 Å². The minimum absolute atomic E-state index is 0.0264. The van der Waals surface area contributed by atoms with Crippen LogP contribution in [-0.4, -0.2) is 10.2 Å². The Hall–Kier alpha value is -2.20. The summed E-state index contributed by atoms with van der Waals surface area (Å²) >= 11 is 6.01. The van der Waals surface area contributed by atoms with E-state index < -0.39 is 5.63 Å². The quantitative estimate of drug-likeness (QED) is 0.483. The number of hydrogen-bond acceptors (Lipinski definition) is 4. The second-order valence-corrected chi connectivity index (χ2v) is 4.25. The zero-order valence-corrected chi connectivity index (χ0v) is 9.73. The average Bonchev–Trinajstić information content (AvgIpc) is 2.36. The molecule has 0 atom stereocenters. The molecule has 0 saturated carbocycles. The second kappa shape index (κ2) is 3.65. The van der Waals surface area contributed by atoms with Crippen molar-refractivity contribution in [1.82, 2.24) is 0 Å². The summed E-state index contributed by atoms with van der Waals surface area (Å²) in [4.78, 5) is 11.8. The fourth-order valence-electron chi connectivity index (χ4n) is 1.98. The van der Waals surface area contributed by atoms with Gasteiger partial charge in [0.15, 0.2) is 11.3 Å². The Kier molecular flexibility index (Phi) is 2.21. The van der Waals surface area contributed by atoms with Crippen LogP contribution in [0.25, 0.3) is 21.7 Å². The van der Waals surface area contributed by atoms with Gasteiger partial charge in [-0.2, -0.15) is 0 Å². The number of aromatic hydroxyl groups is 2. The van der Waals surface area contributed by atoms with E-state index in [4.69, 9.17) is 16.0 Å². The second-order valence-electron chi connectivity index (χ2n) is 3.87. The summed E-state index contributed by atoms with van der Waals surface area (Å²) in [6.45, 7) is 0. The number of hydrogen-bond donors (Lipinski definition) is 2. The van der Waals surface area contributed by atoms with Crippen molar-refractivity contribution >= 4 is 33.3 Å². The summed E-state index contributed by atoms with van der Waals surface area (Å²) in [7, 11) is 0. The lowest BCUT2D eigenvalue weighted by molar-refractivity contribution is 0.442. The Balaban J connectivity index is 2.74. The molecule has 1 aromatic heterocycles. The number of halogens is 1. The maximum Gasteiger partial charge on any atom is 0.344 e. The van der Waals surface area contributed by atoms with E-state index in [1.165, 1.54) is 0 Å². The number of fused-ring (bicyclic) bond motifs is 3. The molecular weight excluding hydrogens is 256 g/mol. The monoisotopic (exact) mass is 262 g/mol. The first-order chi connectivity index (χ1) is 8.59. The lowest BCUT2D eigenvalue weighted by Gasteiger charge is -2.07. The normalized spacial score (nSPS) is 11.2. The van der Waals surface area contributed by atoms with Crippen LogP contribution in [0.5, 0.6) is 11.5 Å². The van der Waals surface area contributed by atoms with E-state index in [2.05, 4.69) is 0 Å². The van der Waals surface area contributed by atoms with Gasteiger partial charge in [-0.1, -0.05) is 29.8 Å². The van der Waals surface area contributed by atoms with Crippen molar-refractivity contribution in [2.24, 2.45) is 0 Å². The van der Waals surface area contributed by atoms with E-state index in [1.54, 1.807) is 24.3 Å². The number of benzene rings is 2. The molecule has 3 rings (SSSR count). The molecule has 5 heteroatoms. The fourth-order valence-corrected chi connectivity index (χ4v) is 2.23. The summed E-state index contributed by atoms with van der Waals surface area (Å²) < 4.78 is 5.04. The van der Waals surface area contributed by atoms with E-state index in [1.807, 2.05) is 0 Å². The molecule has 0 unspecified atom stereocenters. The highest BCUT2D eigenvalue weighted by molar-refractivity contribution is 6.39. The smallest absolute Gasteiger partial charge is 0.344 e. The molecule has 0 radical (unpaired) electrons. The Morgan fingerprint density at radius 3 is 2.44 bits per heavy atom. The highest BCUT2D eigenvalue weighted by atomic mass is 35.5. The summed E-state index contributed by atoms with van der Waals surface area (Å²) in [6, 6.07) is 7.75. The van der Waals surface area contributed by atoms with Crippen LogP contribution in [0.3, 0.4) is 0 Å². The van der Waals surface area contributed by atoms with Crippen LogP contribution in [0.4, 0.5) is 0 Å². The molecule has 1 heterocycles. The zero-order valence-electron chi connectivity index (χ0n) is 8.98. The lowest BCUT2D eigenvalue weighted by atomic mass is 10.1. The van der Waals surface area contributed by atoms with Crippen LogP contribution in [0.1, 0.15) is 0 Å². The van der Waals surface area contributed by atoms with Crippen molar-refractivity contribution < 1.29 is 14.6 Å². The van der Waals surface area contributed by atoms with Crippen LogP contribution in [-0.2, 0) is 0 Å². The first-order valence-electron chi connectivity index (χ1n) is 5.15. The fraction of sp³-hybridized carbons (Fsp3) is 0. The van der Waals surface area contributed by atoms with Gasteiger partial charge in [0, 0.05) is 11.5 Å². The minimum atomic E-state index is -0.560.